The van der Waals surface area contributed by atoms with Gasteiger partial charge < -0.3 is 10.1 Å². The number of rotatable bonds is 2. The smallest absolute Gasteiger partial charge is 0.223 e. The van der Waals surface area contributed by atoms with E-state index in [9.17, 15) is 4.79 Å². The summed E-state index contributed by atoms with van der Waals surface area (Å²) in [4.78, 5) is 11.6. The molecule has 0 unspecified atom stereocenters. The lowest BCUT2D eigenvalue weighted by Crippen LogP contribution is -2.43. The van der Waals surface area contributed by atoms with Crippen molar-refractivity contribution in [3.8, 4) is 0 Å². The molecule has 1 saturated heterocycles. The molecule has 3 heteroatoms. The summed E-state index contributed by atoms with van der Waals surface area (Å²) in [6.07, 6.45) is 5.43. The standard InChI is InChI=1S/C10H17NO2/c12-10(11-9-2-1-3-9)8-4-6-13-7-5-8/h8-9H,1-7H2,(H,11,12). The van der Waals surface area contributed by atoms with Crippen molar-refractivity contribution in [1.82, 2.24) is 5.32 Å². The van der Waals surface area contributed by atoms with Crippen LogP contribution in [0.2, 0.25) is 0 Å². The van der Waals surface area contributed by atoms with E-state index in [1.165, 1.54) is 19.3 Å². The molecule has 0 aromatic heterocycles. The molecule has 1 saturated carbocycles. The van der Waals surface area contributed by atoms with Crippen molar-refractivity contribution in [3.63, 3.8) is 0 Å². The number of carbonyl (C=O) groups excluding carboxylic acids is 1. The Bertz CT molecular complexity index is 183. The van der Waals surface area contributed by atoms with Gasteiger partial charge in [-0.1, -0.05) is 0 Å². The van der Waals surface area contributed by atoms with Crippen LogP contribution in [0.1, 0.15) is 32.1 Å². The first kappa shape index (κ1) is 9.00. The van der Waals surface area contributed by atoms with E-state index in [1.807, 2.05) is 0 Å². The number of ether oxygens (including phenoxy) is 1. The van der Waals surface area contributed by atoms with Gasteiger partial charge in [0.15, 0.2) is 0 Å². The molecule has 1 heterocycles. The van der Waals surface area contributed by atoms with E-state index in [4.69, 9.17) is 4.74 Å². The van der Waals surface area contributed by atoms with Gasteiger partial charge in [0.25, 0.3) is 0 Å². The molecule has 0 bridgehead atoms. The van der Waals surface area contributed by atoms with Gasteiger partial charge >= 0.3 is 0 Å². The molecule has 0 aromatic rings. The Hall–Kier alpha value is -0.570. The molecule has 0 spiro atoms. The second kappa shape index (κ2) is 4.09. The molecule has 2 rings (SSSR count). The molecule has 0 atom stereocenters. The summed E-state index contributed by atoms with van der Waals surface area (Å²) in [5.74, 6) is 0.474. The fourth-order valence-electron chi connectivity index (χ4n) is 1.83. The summed E-state index contributed by atoms with van der Waals surface area (Å²) in [5.41, 5.74) is 0. The van der Waals surface area contributed by atoms with Crippen molar-refractivity contribution in [2.24, 2.45) is 5.92 Å². The number of hydrogen-bond donors (Lipinski definition) is 1. The van der Waals surface area contributed by atoms with Crippen LogP contribution in [0.3, 0.4) is 0 Å². The van der Waals surface area contributed by atoms with Gasteiger partial charge in [-0.25, -0.2) is 0 Å². The molecule has 0 aromatic carbocycles. The third kappa shape index (κ3) is 2.21. The Morgan fingerprint density at radius 3 is 2.38 bits per heavy atom. The molecular weight excluding hydrogens is 166 g/mol. The van der Waals surface area contributed by atoms with Crippen LogP contribution in [-0.2, 0) is 9.53 Å². The highest BCUT2D eigenvalue weighted by Crippen LogP contribution is 2.20. The Kier molecular flexibility index (Phi) is 2.83. The second-order valence-electron chi connectivity index (χ2n) is 4.02. The Morgan fingerprint density at radius 1 is 1.15 bits per heavy atom. The van der Waals surface area contributed by atoms with Crippen molar-refractivity contribution in [2.75, 3.05) is 13.2 Å². The highest BCUT2D eigenvalue weighted by molar-refractivity contribution is 5.79. The minimum Gasteiger partial charge on any atom is -0.381 e. The van der Waals surface area contributed by atoms with Crippen LogP contribution in [0.25, 0.3) is 0 Å². The summed E-state index contributed by atoms with van der Waals surface area (Å²) in [5, 5.41) is 3.09. The molecule has 1 amide bonds. The molecule has 0 radical (unpaired) electrons. The maximum absolute atomic E-state index is 11.6. The van der Waals surface area contributed by atoms with Gasteiger partial charge in [0, 0.05) is 25.2 Å². The molecule has 1 aliphatic heterocycles. The van der Waals surface area contributed by atoms with Crippen LogP contribution in [0.15, 0.2) is 0 Å². The molecule has 74 valence electrons. The van der Waals surface area contributed by atoms with Crippen molar-refractivity contribution < 1.29 is 9.53 Å². The van der Waals surface area contributed by atoms with E-state index < -0.39 is 0 Å². The van der Waals surface area contributed by atoms with Crippen LogP contribution >= 0.6 is 0 Å². The molecular formula is C10H17NO2. The Morgan fingerprint density at radius 2 is 1.85 bits per heavy atom. The summed E-state index contributed by atoms with van der Waals surface area (Å²) >= 11 is 0. The van der Waals surface area contributed by atoms with E-state index >= 15 is 0 Å². The maximum atomic E-state index is 11.6. The minimum atomic E-state index is 0.217. The van der Waals surface area contributed by atoms with Gasteiger partial charge in [-0.15, -0.1) is 0 Å². The van der Waals surface area contributed by atoms with Crippen LogP contribution < -0.4 is 5.32 Å². The quantitative estimate of drug-likeness (QED) is 0.695. The van der Waals surface area contributed by atoms with Crippen LogP contribution in [0.4, 0.5) is 0 Å². The highest BCUT2D eigenvalue weighted by Gasteiger charge is 2.25. The van der Waals surface area contributed by atoms with Crippen LogP contribution in [0.5, 0.6) is 0 Å². The van der Waals surface area contributed by atoms with Gasteiger partial charge in [-0.3, -0.25) is 4.79 Å². The first-order chi connectivity index (χ1) is 6.36. The zero-order chi connectivity index (χ0) is 9.10. The van der Waals surface area contributed by atoms with Gasteiger partial charge in [-0.05, 0) is 32.1 Å². The van der Waals surface area contributed by atoms with Crippen molar-refractivity contribution >= 4 is 5.91 Å². The van der Waals surface area contributed by atoms with E-state index in [2.05, 4.69) is 5.32 Å². The molecule has 13 heavy (non-hydrogen) atoms. The van der Waals surface area contributed by atoms with Crippen molar-refractivity contribution in [2.45, 2.75) is 38.1 Å². The van der Waals surface area contributed by atoms with E-state index in [0.717, 1.165) is 26.1 Å². The zero-order valence-corrected chi connectivity index (χ0v) is 7.92. The minimum absolute atomic E-state index is 0.217. The average molecular weight is 183 g/mol. The SMILES string of the molecule is O=C(NC1CCC1)C1CCOCC1. The fourth-order valence-corrected chi connectivity index (χ4v) is 1.83. The number of amides is 1. The number of hydrogen-bond acceptors (Lipinski definition) is 2. The summed E-state index contributed by atoms with van der Waals surface area (Å²) < 4.78 is 5.22. The molecule has 1 aliphatic carbocycles. The van der Waals surface area contributed by atoms with E-state index in [0.29, 0.717) is 6.04 Å². The first-order valence-corrected chi connectivity index (χ1v) is 5.24. The predicted molar refractivity (Wildman–Crippen MR) is 49.3 cm³/mol. The first-order valence-electron chi connectivity index (χ1n) is 5.24. The summed E-state index contributed by atoms with van der Waals surface area (Å²) in [6.45, 7) is 1.51. The van der Waals surface area contributed by atoms with Crippen molar-refractivity contribution in [3.05, 3.63) is 0 Å². The lowest BCUT2D eigenvalue weighted by molar-refractivity contribution is -0.129. The predicted octanol–water partition coefficient (Wildman–Crippen LogP) is 1.08. The van der Waals surface area contributed by atoms with Gasteiger partial charge in [-0.2, -0.15) is 0 Å². The fraction of sp³-hybridized carbons (Fsp3) is 0.900. The maximum Gasteiger partial charge on any atom is 0.223 e. The van der Waals surface area contributed by atoms with E-state index in [-0.39, 0.29) is 11.8 Å². The monoisotopic (exact) mass is 183 g/mol. The zero-order valence-electron chi connectivity index (χ0n) is 7.92. The average Bonchev–Trinajstić information content (AvgIpc) is 2.12. The molecule has 1 N–H and O–H groups in total. The topological polar surface area (TPSA) is 38.3 Å². The van der Waals surface area contributed by atoms with Crippen molar-refractivity contribution in [1.29, 1.82) is 0 Å². The van der Waals surface area contributed by atoms with Gasteiger partial charge in [0.1, 0.15) is 0 Å². The van der Waals surface area contributed by atoms with Crippen LogP contribution in [0, 0.1) is 5.92 Å². The Balaban J connectivity index is 1.74. The number of carbonyl (C=O) groups is 1. The van der Waals surface area contributed by atoms with Gasteiger partial charge in [0.05, 0.1) is 0 Å². The molecule has 3 nitrogen and oxygen atoms in total. The van der Waals surface area contributed by atoms with Crippen LogP contribution in [-0.4, -0.2) is 25.2 Å². The Labute approximate surface area is 78.8 Å². The summed E-state index contributed by atoms with van der Waals surface area (Å²) in [7, 11) is 0. The lowest BCUT2D eigenvalue weighted by atomic mass is 9.91. The normalized spacial score (nSPS) is 25.2. The third-order valence-corrected chi connectivity index (χ3v) is 3.04. The third-order valence-electron chi connectivity index (χ3n) is 3.04. The van der Waals surface area contributed by atoms with E-state index in [1.54, 1.807) is 0 Å². The largest absolute Gasteiger partial charge is 0.381 e. The molecule has 2 fully saturated rings. The highest BCUT2D eigenvalue weighted by atomic mass is 16.5. The lowest BCUT2D eigenvalue weighted by Gasteiger charge is -2.29. The number of nitrogens with one attached hydrogen (secondary N) is 1. The second-order valence-corrected chi connectivity index (χ2v) is 4.02. The molecule has 2 aliphatic rings. The van der Waals surface area contributed by atoms with Gasteiger partial charge in [0.2, 0.25) is 5.91 Å². The summed E-state index contributed by atoms with van der Waals surface area (Å²) in [6, 6.07) is 0.482.